The molecule has 0 aliphatic heterocycles. The number of carbonyl (C=O) groups is 2. The van der Waals surface area contributed by atoms with Crippen LogP contribution in [0.2, 0.25) is 0 Å². The SMILES string of the molecule is CC(C(=O)Nc1cc(COc2ccccc2)ccc1Cc1ccccc1C=O)c1ccccc1. The molecule has 1 amide bonds. The zero-order valence-corrected chi connectivity index (χ0v) is 19.1. The predicted octanol–water partition coefficient (Wildman–Crippen LogP) is 6.41. The number of hydrogen-bond donors (Lipinski definition) is 1. The summed E-state index contributed by atoms with van der Waals surface area (Å²) in [7, 11) is 0. The molecule has 0 spiro atoms. The average molecular weight is 450 g/mol. The van der Waals surface area contributed by atoms with Gasteiger partial charge in [0.1, 0.15) is 18.6 Å². The topological polar surface area (TPSA) is 55.4 Å². The highest BCUT2D eigenvalue weighted by Crippen LogP contribution is 2.26. The van der Waals surface area contributed by atoms with Gasteiger partial charge in [0.2, 0.25) is 5.91 Å². The quantitative estimate of drug-likeness (QED) is 0.300. The third kappa shape index (κ3) is 5.78. The van der Waals surface area contributed by atoms with E-state index in [9.17, 15) is 9.59 Å². The van der Waals surface area contributed by atoms with Crippen molar-refractivity contribution in [3.8, 4) is 5.75 Å². The Morgan fingerprint density at radius 1 is 0.853 bits per heavy atom. The van der Waals surface area contributed by atoms with E-state index in [4.69, 9.17) is 4.74 Å². The van der Waals surface area contributed by atoms with Crippen LogP contribution in [-0.2, 0) is 17.8 Å². The molecule has 1 unspecified atom stereocenters. The molecule has 0 aromatic heterocycles. The van der Waals surface area contributed by atoms with Crippen LogP contribution in [0.15, 0.2) is 103 Å². The van der Waals surface area contributed by atoms with Crippen molar-refractivity contribution in [3.05, 3.63) is 131 Å². The van der Waals surface area contributed by atoms with E-state index in [2.05, 4.69) is 5.32 Å². The lowest BCUT2D eigenvalue weighted by atomic mass is 9.97. The van der Waals surface area contributed by atoms with Crippen molar-refractivity contribution in [2.75, 3.05) is 5.32 Å². The lowest BCUT2D eigenvalue weighted by Crippen LogP contribution is -2.20. The summed E-state index contributed by atoms with van der Waals surface area (Å²) in [6, 6.07) is 32.8. The molecule has 0 saturated heterocycles. The van der Waals surface area contributed by atoms with E-state index in [1.54, 1.807) is 6.07 Å². The van der Waals surface area contributed by atoms with Gasteiger partial charge in [0.15, 0.2) is 0 Å². The first-order valence-electron chi connectivity index (χ1n) is 11.3. The van der Waals surface area contributed by atoms with Crippen LogP contribution in [0.3, 0.4) is 0 Å². The summed E-state index contributed by atoms with van der Waals surface area (Å²) in [5.41, 5.74) is 5.12. The van der Waals surface area contributed by atoms with Gasteiger partial charge >= 0.3 is 0 Å². The Balaban J connectivity index is 1.60. The lowest BCUT2D eigenvalue weighted by molar-refractivity contribution is -0.117. The second-order valence-corrected chi connectivity index (χ2v) is 8.21. The number of hydrogen-bond acceptors (Lipinski definition) is 3. The fourth-order valence-corrected chi connectivity index (χ4v) is 3.82. The molecule has 1 atom stereocenters. The maximum absolute atomic E-state index is 13.1. The van der Waals surface area contributed by atoms with Gasteiger partial charge < -0.3 is 10.1 Å². The average Bonchev–Trinajstić information content (AvgIpc) is 2.89. The minimum Gasteiger partial charge on any atom is -0.489 e. The lowest BCUT2D eigenvalue weighted by Gasteiger charge is -2.17. The van der Waals surface area contributed by atoms with Gasteiger partial charge in [-0.1, -0.05) is 84.9 Å². The summed E-state index contributed by atoms with van der Waals surface area (Å²) in [4.78, 5) is 24.6. The van der Waals surface area contributed by atoms with Gasteiger partial charge in [-0.2, -0.15) is 0 Å². The molecule has 4 aromatic carbocycles. The Morgan fingerprint density at radius 2 is 1.53 bits per heavy atom. The van der Waals surface area contributed by atoms with Gasteiger partial charge in [-0.15, -0.1) is 0 Å². The molecule has 0 radical (unpaired) electrons. The van der Waals surface area contributed by atoms with Crippen molar-refractivity contribution in [2.24, 2.45) is 0 Å². The van der Waals surface area contributed by atoms with E-state index >= 15 is 0 Å². The number of benzene rings is 4. The van der Waals surface area contributed by atoms with Crippen LogP contribution in [0, 0.1) is 0 Å². The summed E-state index contributed by atoms with van der Waals surface area (Å²) in [5.74, 6) is 0.396. The van der Waals surface area contributed by atoms with Gasteiger partial charge in [-0.05, 0) is 47.4 Å². The van der Waals surface area contributed by atoms with Crippen LogP contribution in [0.5, 0.6) is 5.75 Å². The fraction of sp³-hybridized carbons (Fsp3) is 0.133. The first kappa shape index (κ1) is 23.0. The number of anilines is 1. The number of rotatable bonds is 9. The van der Waals surface area contributed by atoms with Crippen molar-refractivity contribution >= 4 is 17.9 Å². The molecule has 0 bridgehead atoms. The zero-order chi connectivity index (χ0) is 23.8. The maximum atomic E-state index is 13.1. The van der Waals surface area contributed by atoms with Crippen LogP contribution in [0.1, 0.15) is 45.5 Å². The predicted molar refractivity (Wildman–Crippen MR) is 135 cm³/mol. The van der Waals surface area contributed by atoms with Crippen LogP contribution in [0.25, 0.3) is 0 Å². The van der Waals surface area contributed by atoms with Crippen molar-refractivity contribution in [2.45, 2.75) is 25.9 Å². The highest BCUT2D eigenvalue weighted by molar-refractivity contribution is 5.96. The third-order valence-corrected chi connectivity index (χ3v) is 5.84. The minimum absolute atomic E-state index is 0.0859. The molecule has 4 rings (SSSR count). The fourth-order valence-electron chi connectivity index (χ4n) is 3.82. The highest BCUT2D eigenvalue weighted by Gasteiger charge is 2.17. The Bertz CT molecular complexity index is 1250. The Kier molecular flexibility index (Phi) is 7.51. The smallest absolute Gasteiger partial charge is 0.231 e. The summed E-state index contributed by atoms with van der Waals surface area (Å²) in [6.07, 6.45) is 1.40. The van der Waals surface area contributed by atoms with E-state index in [0.29, 0.717) is 18.6 Å². The maximum Gasteiger partial charge on any atom is 0.231 e. The number of carbonyl (C=O) groups excluding carboxylic acids is 2. The van der Waals surface area contributed by atoms with Crippen LogP contribution in [0.4, 0.5) is 5.69 Å². The Labute approximate surface area is 200 Å². The second-order valence-electron chi connectivity index (χ2n) is 8.21. The van der Waals surface area contributed by atoms with Gasteiger partial charge in [0.05, 0.1) is 5.92 Å². The molecule has 0 aliphatic carbocycles. The van der Waals surface area contributed by atoms with E-state index < -0.39 is 0 Å². The molecule has 4 aromatic rings. The first-order valence-corrected chi connectivity index (χ1v) is 11.3. The molecular weight excluding hydrogens is 422 g/mol. The Morgan fingerprint density at radius 3 is 2.26 bits per heavy atom. The van der Waals surface area contributed by atoms with Crippen molar-refractivity contribution < 1.29 is 14.3 Å². The number of amides is 1. The molecule has 0 aliphatic rings. The standard InChI is InChI=1S/C30H27NO3/c1-22(24-10-4-2-5-11-24)30(33)31-29-18-23(21-34-28-14-6-3-7-15-28)16-17-26(29)19-25-12-8-9-13-27(25)20-32/h2-18,20,22H,19,21H2,1H3,(H,31,33). The van der Waals surface area contributed by atoms with E-state index in [1.807, 2.05) is 104 Å². The third-order valence-electron chi connectivity index (χ3n) is 5.84. The molecule has 0 heterocycles. The number of aldehydes is 1. The molecule has 4 nitrogen and oxygen atoms in total. The monoisotopic (exact) mass is 449 g/mol. The van der Waals surface area contributed by atoms with Crippen molar-refractivity contribution in [1.29, 1.82) is 0 Å². The van der Waals surface area contributed by atoms with Crippen molar-refractivity contribution in [1.82, 2.24) is 0 Å². The molecular formula is C30H27NO3. The molecule has 4 heteroatoms. The second kappa shape index (κ2) is 11.1. The summed E-state index contributed by atoms with van der Waals surface area (Å²) in [6.45, 7) is 2.28. The summed E-state index contributed by atoms with van der Waals surface area (Å²) >= 11 is 0. The number of para-hydroxylation sites is 1. The summed E-state index contributed by atoms with van der Waals surface area (Å²) in [5, 5.41) is 3.12. The molecule has 0 fully saturated rings. The van der Waals surface area contributed by atoms with Gasteiger partial charge in [0.25, 0.3) is 0 Å². The first-order chi connectivity index (χ1) is 16.6. The van der Waals surface area contributed by atoms with Crippen LogP contribution in [-0.4, -0.2) is 12.2 Å². The molecule has 1 N–H and O–H groups in total. The molecule has 170 valence electrons. The highest BCUT2D eigenvalue weighted by atomic mass is 16.5. The molecule has 0 saturated carbocycles. The van der Waals surface area contributed by atoms with E-state index in [1.165, 1.54) is 0 Å². The van der Waals surface area contributed by atoms with E-state index in [0.717, 1.165) is 40.0 Å². The van der Waals surface area contributed by atoms with Gasteiger partial charge in [0, 0.05) is 17.7 Å². The minimum atomic E-state index is -0.305. The summed E-state index contributed by atoms with van der Waals surface area (Å²) < 4.78 is 5.90. The van der Waals surface area contributed by atoms with Crippen LogP contribution >= 0.6 is 0 Å². The van der Waals surface area contributed by atoms with Gasteiger partial charge in [-0.3, -0.25) is 9.59 Å². The molecule has 34 heavy (non-hydrogen) atoms. The number of ether oxygens (including phenoxy) is 1. The largest absolute Gasteiger partial charge is 0.489 e. The zero-order valence-electron chi connectivity index (χ0n) is 19.1. The number of nitrogens with one attached hydrogen (secondary N) is 1. The van der Waals surface area contributed by atoms with Crippen LogP contribution < -0.4 is 10.1 Å². The van der Waals surface area contributed by atoms with Gasteiger partial charge in [-0.25, -0.2) is 0 Å². The normalized spacial score (nSPS) is 11.4. The van der Waals surface area contributed by atoms with Crippen molar-refractivity contribution in [3.63, 3.8) is 0 Å². The van der Waals surface area contributed by atoms with E-state index in [-0.39, 0.29) is 11.8 Å². The Hall–Kier alpha value is -4.18.